The summed E-state index contributed by atoms with van der Waals surface area (Å²) >= 11 is 3.21. The van der Waals surface area contributed by atoms with E-state index in [-0.39, 0.29) is 6.61 Å². The summed E-state index contributed by atoms with van der Waals surface area (Å²) in [5, 5.41) is 1.88. The lowest BCUT2D eigenvalue weighted by Gasteiger charge is -2.08. The SMILES string of the molecule is NC(=O)NC(=O)COc1cccc(N)c1Br. The van der Waals surface area contributed by atoms with E-state index in [1.165, 1.54) is 0 Å². The zero-order valence-corrected chi connectivity index (χ0v) is 9.78. The average Bonchev–Trinajstić information content (AvgIpc) is 2.19. The Labute approximate surface area is 100 Å². The molecule has 0 fully saturated rings. The molecular weight excluding hydrogens is 278 g/mol. The van der Waals surface area contributed by atoms with Crippen LogP contribution in [0.25, 0.3) is 0 Å². The third kappa shape index (κ3) is 3.43. The van der Waals surface area contributed by atoms with Gasteiger partial charge in [-0.05, 0) is 28.1 Å². The number of anilines is 1. The monoisotopic (exact) mass is 287 g/mol. The van der Waals surface area contributed by atoms with Crippen molar-refractivity contribution < 1.29 is 14.3 Å². The van der Waals surface area contributed by atoms with Crippen molar-refractivity contribution >= 4 is 33.6 Å². The third-order valence-electron chi connectivity index (χ3n) is 1.61. The normalized spacial score (nSPS) is 9.56. The topological polar surface area (TPSA) is 107 Å². The number of hydrogen-bond donors (Lipinski definition) is 3. The second-order valence-electron chi connectivity index (χ2n) is 2.86. The number of nitrogens with two attached hydrogens (primary N) is 2. The molecule has 16 heavy (non-hydrogen) atoms. The fourth-order valence-electron chi connectivity index (χ4n) is 0.956. The van der Waals surface area contributed by atoms with Crippen molar-refractivity contribution in [1.82, 2.24) is 5.32 Å². The van der Waals surface area contributed by atoms with Gasteiger partial charge in [-0.15, -0.1) is 0 Å². The largest absolute Gasteiger partial charge is 0.482 e. The maximum atomic E-state index is 11.0. The third-order valence-corrected chi connectivity index (χ3v) is 2.46. The van der Waals surface area contributed by atoms with Crippen LogP contribution in [0.5, 0.6) is 5.75 Å². The minimum atomic E-state index is -0.916. The first-order chi connectivity index (χ1) is 7.50. The molecule has 0 aliphatic rings. The van der Waals surface area contributed by atoms with Gasteiger partial charge in [-0.3, -0.25) is 10.1 Å². The van der Waals surface area contributed by atoms with Crippen LogP contribution in [0.1, 0.15) is 0 Å². The highest BCUT2D eigenvalue weighted by molar-refractivity contribution is 9.10. The average molecular weight is 288 g/mol. The quantitative estimate of drug-likeness (QED) is 0.708. The molecule has 1 rings (SSSR count). The highest BCUT2D eigenvalue weighted by Crippen LogP contribution is 2.29. The van der Waals surface area contributed by atoms with E-state index in [0.29, 0.717) is 15.9 Å². The molecule has 1 aromatic carbocycles. The number of carbonyl (C=O) groups is 2. The molecule has 0 radical (unpaired) electrons. The van der Waals surface area contributed by atoms with Gasteiger partial charge in [0.05, 0.1) is 4.47 Å². The molecule has 0 atom stereocenters. The molecule has 0 aliphatic heterocycles. The number of carbonyl (C=O) groups excluding carboxylic acids is 2. The molecule has 0 bridgehead atoms. The molecule has 0 aliphatic carbocycles. The lowest BCUT2D eigenvalue weighted by Crippen LogP contribution is -2.38. The summed E-state index contributed by atoms with van der Waals surface area (Å²) in [5.41, 5.74) is 10.9. The Morgan fingerprint density at radius 2 is 2.12 bits per heavy atom. The maximum absolute atomic E-state index is 11.0. The number of ether oxygens (including phenoxy) is 1. The summed E-state index contributed by atoms with van der Waals surface area (Å²) in [4.78, 5) is 21.4. The molecular formula is C9H10BrN3O3. The molecule has 5 N–H and O–H groups in total. The van der Waals surface area contributed by atoms with Gasteiger partial charge in [0, 0.05) is 5.69 Å². The fourth-order valence-corrected chi connectivity index (χ4v) is 1.33. The number of urea groups is 1. The minimum Gasteiger partial charge on any atom is -0.482 e. The van der Waals surface area contributed by atoms with Crippen molar-refractivity contribution in [2.24, 2.45) is 5.73 Å². The van der Waals surface area contributed by atoms with Crippen LogP contribution in [-0.2, 0) is 4.79 Å². The minimum absolute atomic E-state index is 0.314. The molecule has 0 unspecified atom stereocenters. The van der Waals surface area contributed by atoms with Crippen molar-refractivity contribution in [2.75, 3.05) is 12.3 Å². The summed E-state index contributed by atoms with van der Waals surface area (Å²) in [6.45, 7) is -0.314. The first-order valence-electron chi connectivity index (χ1n) is 4.26. The van der Waals surface area contributed by atoms with Crippen LogP contribution in [0.15, 0.2) is 22.7 Å². The Hall–Kier alpha value is -1.76. The van der Waals surface area contributed by atoms with E-state index in [1.807, 2.05) is 5.32 Å². The maximum Gasteiger partial charge on any atom is 0.318 e. The highest BCUT2D eigenvalue weighted by Gasteiger charge is 2.08. The van der Waals surface area contributed by atoms with Gasteiger partial charge in [0.2, 0.25) is 0 Å². The molecule has 7 heteroatoms. The Morgan fingerprint density at radius 1 is 1.44 bits per heavy atom. The number of hydrogen-bond acceptors (Lipinski definition) is 4. The highest BCUT2D eigenvalue weighted by atomic mass is 79.9. The Morgan fingerprint density at radius 3 is 2.75 bits per heavy atom. The lowest BCUT2D eigenvalue weighted by atomic mass is 10.3. The second-order valence-corrected chi connectivity index (χ2v) is 3.65. The van der Waals surface area contributed by atoms with E-state index in [2.05, 4.69) is 15.9 Å². The number of amides is 3. The van der Waals surface area contributed by atoms with Crippen LogP contribution in [-0.4, -0.2) is 18.5 Å². The van der Waals surface area contributed by atoms with E-state index in [4.69, 9.17) is 16.2 Å². The van der Waals surface area contributed by atoms with Gasteiger partial charge in [-0.1, -0.05) is 6.07 Å². The van der Waals surface area contributed by atoms with Gasteiger partial charge in [-0.25, -0.2) is 4.79 Å². The van der Waals surface area contributed by atoms with Crippen LogP contribution < -0.4 is 21.5 Å². The second kappa shape index (κ2) is 5.36. The van der Waals surface area contributed by atoms with Gasteiger partial charge in [0.1, 0.15) is 5.75 Å². The van der Waals surface area contributed by atoms with Gasteiger partial charge in [-0.2, -0.15) is 0 Å². The molecule has 6 nitrogen and oxygen atoms in total. The number of primary amides is 1. The van der Waals surface area contributed by atoms with Crippen molar-refractivity contribution in [3.63, 3.8) is 0 Å². The summed E-state index contributed by atoms with van der Waals surface area (Å²) in [6.07, 6.45) is 0. The lowest BCUT2D eigenvalue weighted by molar-refractivity contribution is -0.121. The number of nitrogens with one attached hydrogen (secondary N) is 1. The first-order valence-corrected chi connectivity index (χ1v) is 5.06. The van der Waals surface area contributed by atoms with Gasteiger partial charge < -0.3 is 16.2 Å². The molecule has 0 saturated carbocycles. The summed E-state index contributed by atoms with van der Waals surface area (Å²) in [7, 11) is 0. The summed E-state index contributed by atoms with van der Waals surface area (Å²) in [6, 6.07) is 4.08. The number of imide groups is 1. The molecule has 0 saturated heterocycles. The Balaban J connectivity index is 2.58. The molecule has 0 spiro atoms. The van der Waals surface area contributed by atoms with Crippen LogP contribution in [0.3, 0.4) is 0 Å². The van der Waals surface area contributed by atoms with Crippen molar-refractivity contribution in [2.45, 2.75) is 0 Å². The van der Waals surface area contributed by atoms with Crippen LogP contribution >= 0.6 is 15.9 Å². The van der Waals surface area contributed by atoms with E-state index in [9.17, 15) is 9.59 Å². The van der Waals surface area contributed by atoms with Crippen molar-refractivity contribution in [3.8, 4) is 5.75 Å². The van der Waals surface area contributed by atoms with E-state index in [0.717, 1.165) is 0 Å². The standard InChI is InChI=1S/C9H10BrN3O3/c10-8-5(11)2-1-3-6(8)16-4-7(14)13-9(12)15/h1-3H,4,11H2,(H3,12,13,14,15). The van der Waals surface area contributed by atoms with E-state index < -0.39 is 11.9 Å². The molecule has 3 amide bonds. The molecule has 0 heterocycles. The summed E-state index contributed by atoms with van der Waals surface area (Å²) < 4.78 is 5.69. The van der Waals surface area contributed by atoms with Gasteiger partial charge >= 0.3 is 6.03 Å². The zero-order valence-electron chi connectivity index (χ0n) is 8.20. The van der Waals surface area contributed by atoms with Crippen LogP contribution in [0, 0.1) is 0 Å². The van der Waals surface area contributed by atoms with Crippen LogP contribution in [0.2, 0.25) is 0 Å². The van der Waals surface area contributed by atoms with E-state index >= 15 is 0 Å². The Kier molecular flexibility index (Phi) is 4.12. The number of benzene rings is 1. The zero-order chi connectivity index (χ0) is 12.1. The number of halogens is 1. The van der Waals surface area contributed by atoms with Gasteiger partial charge in [0.15, 0.2) is 6.61 Å². The molecule has 0 aromatic heterocycles. The van der Waals surface area contributed by atoms with Crippen molar-refractivity contribution in [3.05, 3.63) is 22.7 Å². The number of nitrogen functional groups attached to an aromatic ring is 1. The fraction of sp³-hybridized carbons (Fsp3) is 0.111. The molecule has 86 valence electrons. The first kappa shape index (κ1) is 12.3. The van der Waals surface area contributed by atoms with Crippen molar-refractivity contribution in [1.29, 1.82) is 0 Å². The van der Waals surface area contributed by atoms with Crippen LogP contribution in [0.4, 0.5) is 10.5 Å². The summed E-state index contributed by atoms with van der Waals surface area (Å²) in [5.74, 6) is -0.207. The predicted octanol–water partition coefficient (Wildman–Crippen LogP) is 0.605. The van der Waals surface area contributed by atoms with Gasteiger partial charge in [0.25, 0.3) is 5.91 Å². The smallest absolute Gasteiger partial charge is 0.318 e. The number of rotatable bonds is 3. The van der Waals surface area contributed by atoms with E-state index in [1.54, 1.807) is 18.2 Å². The Bertz CT molecular complexity index is 422. The predicted molar refractivity (Wildman–Crippen MR) is 61.8 cm³/mol. The molecule has 1 aromatic rings.